The quantitative estimate of drug-likeness (QED) is 0.765. The van der Waals surface area contributed by atoms with Crippen LogP contribution in [0.15, 0.2) is 12.1 Å². The SMILES string of the molecule is COc1ccc2c3c1O[C@@H]1C(F)CC[C@](O)(CC2)[C@]31CCNCC1CC1. The van der Waals surface area contributed by atoms with Gasteiger partial charge in [-0.25, -0.2) is 4.39 Å². The zero-order chi connectivity index (χ0) is 17.9. The Morgan fingerprint density at radius 2 is 2.15 bits per heavy atom. The molecule has 142 valence electrons. The molecule has 2 saturated carbocycles. The van der Waals surface area contributed by atoms with Gasteiger partial charge in [-0.15, -0.1) is 0 Å². The van der Waals surface area contributed by atoms with Crippen molar-refractivity contribution < 1.29 is 19.0 Å². The molecule has 0 amide bonds. The van der Waals surface area contributed by atoms with Gasteiger partial charge in [0.25, 0.3) is 0 Å². The molecule has 1 aromatic carbocycles. The highest BCUT2D eigenvalue weighted by Gasteiger charge is 2.68. The largest absolute Gasteiger partial charge is 0.493 e. The highest BCUT2D eigenvalue weighted by Crippen LogP contribution is 2.63. The summed E-state index contributed by atoms with van der Waals surface area (Å²) in [5.74, 6) is 2.12. The lowest BCUT2D eigenvalue weighted by Gasteiger charge is -2.54. The molecule has 2 fully saturated rings. The normalized spacial score (nSPS) is 37.2. The summed E-state index contributed by atoms with van der Waals surface area (Å²) in [6.07, 6.45) is 4.02. The van der Waals surface area contributed by atoms with Crippen molar-refractivity contribution in [1.82, 2.24) is 5.32 Å². The van der Waals surface area contributed by atoms with Crippen LogP contribution in [0, 0.1) is 5.92 Å². The van der Waals surface area contributed by atoms with E-state index >= 15 is 4.39 Å². The molecule has 0 spiro atoms. The van der Waals surface area contributed by atoms with Crippen molar-refractivity contribution in [2.45, 2.75) is 68.2 Å². The number of nitrogens with one attached hydrogen (secondary N) is 1. The molecule has 4 aliphatic rings. The maximum absolute atomic E-state index is 15.0. The molecule has 0 aromatic heterocycles. The fraction of sp³-hybridized carbons (Fsp3) is 0.714. The summed E-state index contributed by atoms with van der Waals surface area (Å²) in [6.45, 7) is 1.80. The number of aliphatic hydroxyl groups is 1. The van der Waals surface area contributed by atoms with Crippen LogP contribution in [0.5, 0.6) is 11.5 Å². The second kappa shape index (κ2) is 5.83. The Morgan fingerprint density at radius 3 is 2.92 bits per heavy atom. The number of hydrogen-bond acceptors (Lipinski definition) is 4. The lowest BCUT2D eigenvalue weighted by atomic mass is 9.52. The average Bonchev–Trinajstić information content (AvgIpc) is 3.40. The summed E-state index contributed by atoms with van der Waals surface area (Å²) in [4.78, 5) is 0. The standard InChI is InChI=1S/C21H28FNO3/c1-25-16-5-4-14-6-8-20(24)9-7-15(22)19-21(20,17(14)18(16)26-19)10-11-23-12-13-2-3-13/h4-5,13,15,19,23-24H,2-3,6-12H2,1H3/t15?,19-,20-,21-/m1/s1. The van der Waals surface area contributed by atoms with Crippen LogP contribution < -0.4 is 14.8 Å². The average molecular weight is 361 g/mol. The number of rotatable bonds is 6. The molecular formula is C21H28FNO3. The molecule has 5 heteroatoms. The molecule has 5 rings (SSSR count). The van der Waals surface area contributed by atoms with Crippen molar-refractivity contribution >= 4 is 0 Å². The van der Waals surface area contributed by atoms with Crippen LogP contribution in [0.3, 0.4) is 0 Å². The van der Waals surface area contributed by atoms with Gasteiger partial charge in [-0.1, -0.05) is 6.07 Å². The van der Waals surface area contributed by atoms with E-state index in [1.165, 1.54) is 18.4 Å². The Balaban J connectivity index is 1.58. The Bertz CT molecular complexity index is 721. The molecule has 26 heavy (non-hydrogen) atoms. The van der Waals surface area contributed by atoms with E-state index in [2.05, 4.69) is 11.4 Å². The van der Waals surface area contributed by atoms with Crippen molar-refractivity contribution in [2.75, 3.05) is 20.2 Å². The van der Waals surface area contributed by atoms with Crippen LogP contribution in [-0.2, 0) is 11.8 Å². The molecule has 3 aliphatic carbocycles. The molecule has 1 unspecified atom stereocenters. The van der Waals surface area contributed by atoms with Crippen LogP contribution >= 0.6 is 0 Å². The van der Waals surface area contributed by atoms with E-state index in [0.29, 0.717) is 37.2 Å². The van der Waals surface area contributed by atoms with E-state index in [-0.39, 0.29) is 0 Å². The fourth-order valence-electron chi connectivity index (χ4n) is 5.68. The highest BCUT2D eigenvalue weighted by atomic mass is 19.1. The highest BCUT2D eigenvalue weighted by molar-refractivity contribution is 5.61. The minimum atomic E-state index is -1.05. The van der Waals surface area contributed by atoms with E-state index in [0.717, 1.165) is 31.0 Å². The van der Waals surface area contributed by atoms with Gasteiger partial charge in [0, 0.05) is 5.56 Å². The number of alkyl halides is 1. The van der Waals surface area contributed by atoms with E-state index in [1.54, 1.807) is 7.11 Å². The summed E-state index contributed by atoms with van der Waals surface area (Å²) >= 11 is 0. The van der Waals surface area contributed by atoms with Crippen LogP contribution in [-0.4, -0.2) is 43.2 Å². The van der Waals surface area contributed by atoms with Crippen molar-refractivity contribution in [2.24, 2.45) is 5.92 Å². The van der Waals surface area contributed by atoms with Crippen molar-refractivity contribution in [3.63, 3.8) is 0 Å². The van der Waals surface area contributed by atoms with Crippen LogP contribution in [0.2, 0.25) is 0 Å². The zero-order valence-electron chi connectivity index (χ0n) is 15.4. The predicted molar refractivity (Wildman–Crippen MR) is 96.7 cm³/mol. The van der Waals surface area contributed by atoms with Crippen molar-refractivity contribution in [3.8, 4) is 11.5 Å². The first kappa shape index (κ1) is 16.8. The van der Waals surface area contributed by atoms with E-state index in [9.17, 15) is 5.11 Å². The minimum Gasteiger partial charge on any atom is -0.493 e. The van der Waals surface area contributed by atoms with Gasteiger partial charge in [0.05, 0.1) is 18.1 Å². The van der Waals surface area contributed by atoms with E-state index < -0.39 is 23.3 Å². The summed E-state index contributed by atoms with van der Waals surface area (Å²) in [5.41, 5.74) is 0.639. The van der Waals surface area contributed by atoms with Crippen LogP contribution in [0.1, 0.15) is 49.7 Å². The third kappa shape index (κ3) is 2.19. The second-order valence-electron chi connectivity index (χ2n) is 8.62. The predicted octanol–water partition coefficient (Wildman–Crippen LogP) is 2.89. The van der Waals surface area contributed by atoms with Gasteiger partial charge in [0.2, 0.25) is 0 Å². The number of hydrogen-bond donors (Lipinski definition) is 2. The van der Waals surface area contributed by atoms with Gasteiger partial charge in [-0.2, -0.15) is 0 Å². The fourth-order valence-corrected chi connectivity index (χ4v) is 5.68. The molecule has 1 aliphatic heterocycles. The van der Waals surface area contributed by atoms with Gasteiger partial charge < -0.3 is 19.9 Å². The van der Waals surface area contributed by atoms with E-state index in [4.69, 9.17) is 9.47 Å². The Kier molecular flexibility index (Phi) is 3.77. The van der Waals surface area contributed by atoms with Gasteiger partial charge >= 0.3 is 0 Å². The summed E-state index contributed by atoms with van der Waals surface area (Å²) in [6, 6.07) is 3.99. The Labute approximate surface area is 154 Å². The lowest BCUT2D eigenvalue weighted by Crippen LogP contribution is -2.65. The first-order chi connectivity index (χ1) is 12.6. The zero-order valence-corrected chi connectivity index (χ0v) is 15.4. The number of benzene rings is 1. The van der Waals surface area contributed by atoms with E-state index in [1.807, 2.05) is 6.07 Å². The number of ether oxygens (including phenoxy) is 2. The third-order valence-corrected chi connectivity index (χ3v) is 7.23. The molecule has 1 heterocycles. The topological polar surface area (TPSA) is 50.7 Å². The Hall–Kier alpha value is -1.33. The lowest BCUT2D eigenvalue weighted by molar-refractivity contribution is -0.140. The van der Waals surface area contributed by atoms with Gasteiger partial charge in [-0.3, -0.25) is 0 Å². The molecule has 4 atom stereocenters. The smallest absolute Gasteiger partial charge is 0.166 e. The monoisotopic (exact) mass is 361 g/mol. The molecule has 0 saturated heterocycles. The van der Waals surface area contributed by atoms with Crippen molar-refractivity contribution in [3.05, 3.63) is 23.3 Å². The molecule has 0 radical (unpaired) electrons. The van der Waals surface area contributed by atoms with Gasteiger partial charge in [0.1, 0.15) is 12.3 Å². The molecule has 4 nitrogen and oxygen atoms in total. The minimum absolute atomic E-state index is 0.365. The van der Waals surface area contributed by atoms with Gasteiger partial charge in [-0.05, 0) is 75.6 Å². The molecule has 1 aromatic rings. The van der Waals surface area contributed by atoms with Crippen LogP contribution in [0.25, 0.3) is 0 Å². The first-order valence-electron chi connectivity index (χ1n) is 10.0. The third-order valence-electron chi connectivity index (χ3n) is 7.23. The maximum atomic E-state index is 15.0. The summed E-state index contributed by atoms with van der Waals surface area (Å²) in [7, 11) is 1.62. The first-order valence-corrected chi connectivity index (χ1v) is 10.0. The van der Waals surface area contributed by atoms with Crippen LogP contribution in [0.4, 0.5) is 4.39 Å². The summed E-state index contributed by atoms with van der Waals surface area (Å²) in [5, 5.41) is 15.2. The number of methoxy groups -OCH3 is 1. The summed E-state index contributed by atoms with van der Waals surface area (Å²) < 4.78 is 26.8. The second-order valence-corrected chi connectivity index (χ2v) is 8.62. The molecule has 2 N–H and O–H groups in total. The number of aryl methyl sites for hydroxylation is 1. The van der Waals surface area contributed by atoms with Crippen molar-refractivity contribution in [1.29, 1.82) is 0 Å². The van der Waals surface area contributed by atoms with Gasteiger partial charge in [0.15, 0.2) is 11.5 Å². The molecular weight excluding hydrogens is 333 g/mol. The molecule has 0 bridgehead atoms. The Morgan fingerprint density at radius 1 is 1.31 bits per heavy atom. The maximum Gasteiger partial charge on any atom is 0.166 e. The number of halogens is 1.